The number of hydrogen-bond acceptors (Lipinski definition) is 4. The van der Waals surface area contributed by atoms with Crippen molar-refractivity contribution in [3.8, 4) is 0 Å². The summed E-state index contributed by atoms with van der Waals surface area (Å²) in [5.41, 5.74) is 3.42. The zero-order valence-electron chi connectivity index (χ0n) is 18.9. The van der Waals surface area contributed by atoms with Crippen molar-refractivity contribution in [2.24, 2.45) is 5.73 Å². The minimum absolute atomic E-state index is 0. The zero-order chi connectivity index (χ0) is 23.4. The number of rotatable bonds is 5. The molecule has 0 aromatic heterocycles. The van der Waals surface area contributed by atoms with Gasteiger partial charge in [0.1, 0.15) is 11.7 Å². The predicted molar refractivity (Wildman–Crippen MR) is 111 cm³/mol. The van der Waals surface area contributed by atoms with Gasteiger partial charge in [-0.3, -0.25) is 14.4 Å². The van der Waals surface area contributed by atoms with E-state index in [4.69, 9.17) is 21.4 Å². The number of alkyl halides is 1. The molecule has 29 heavy (non-hydrogen) atoms. The Labute approximate surface area is 184 Å². The van der Waals surface area contributed by atoms with Crippen molar-refractivity contribution in [1.82, 2.24) is 10.2 Å². The first-order chi connectivity index (χ1) is 14.1. The highest BCUT2D eigenvalue weighted by Gasteiger charge is 2.57. The molecule has 3 amide bonds. The van der Waals surface area contributed by atoms with Crippen LogP contribution in [0.1, 0.15) is 36.4 Å². The molecule has 0 saturated carbocycles. The van der Waals surface area contributed by atoms with E-state index < -0.39 is 54.3 Å². The van der Waals surface area contributed by atoms with E-state index in [2.05, 4.69) is 10.6 Å². The van der Waals surface area contributed by atoms with Gasteiger partial charge in [-0.2, -0.15) is 0 Å². The molecule has 1 spiro atoms. The molecule has 10 heteroatoms. The maximum Gasteiger partial charge on any atom is 0.240 e. The molecular formula is C19H25Cl2FN4O3. The third-order valence-electron chi connectivity index (χ3n) is 5.31. The SMILES string of the molecule is Cl.[2H]C([2H])([2H])N[C@@H](CC(C)(C)F)C(=O)N1C[C@]2(C[C@H]1C(N)=O)C(=O)Nc1ccc(Cl)cc12. The lowest BCUT2D eigenvalue weighted by Crippen LogP contribution is -2.52. The molecule has 3 atom stereocenters. The van der Waals surface area contributed by atoms with E-state index in [1.165, 1.54) is 13.8 Å². The molecule has 4 N–H and O–H groups in total. The van der Waals surface area contributed by atoms with Crippen LogP contribution in [0.3, 0.4) is 0 Å². The van der Waals surface area contributed by atoms with Crippen LogP contribution in [-0.4, -0.2) is 53.9 Å². The van der Waals surface area contributed by atoms with Crippen LogP contribution in [0.4, 0.5) is 10.1 Å². The molecular weight excluding hydrogens is 422 g/mol. The van der Waals surface area contributed by atoms with Gasteiger partial charge in [-0.15, -0.1) is 12.4 Å². The second-order valence-corrected chi connectivity index (χ2v) is 8.37. The summed E-state index contributed by atoms with van der Waals surface area (Å²) in [5, 5.41) is 5.26. The van der Waals surface area contributed by atoms with Crippen molar-refractivity contribution in [2.45, 2.75) is 49.9 Å². The number of likely N-dealkylation sites (tertiary alicyclic amines) is 1. The summed E-state index contributed by atoms with van der Waals surface area (Å²) in [5.74, 6) is -2.08. The lowest BCUT2D eigenvalue weighted by atomic mass is 9.79. The largest absolute Gasteiger partial charge is 0.368 e. The van der Waals surface area contributed by atoms with Gasteiger partial charge in [0, 0.05) is 27.8 Å². The van der Waals surface area contributed by atoms with Gasteiger partial charge in [0.25, 0.3) is 0 Å². The molecule has 160 valence electrons. The standard InChI is InChI=1S/C19H24ClFN4O3.ClH/c1-18(2,21)7-13(23-3)16(27)25-9-19(8-14(25)15(22)26)11-6-10(20)4-5-12(11)24-17(19)28;/h4-6,13-14,23H,7-9H2,1-3H3,(H2,22,26)(H,24,28);1H/t13-,14-,19-;/m0./s1/i3D3;. The van der Waals surface area contributed by atoms with Crippen molar-refractivity contribution in [3.63, 3.8) is 0 Å². The summed E-state index contributed by atoms with van der Waals surface area (Å²) in [6.45, 7) is -0.511. The number of carbonyl (C=O) groups is 3. The molecule has 2 heterocycles. The Bertz CT molecular complexity index is 925. The Morgan fingerprint density at radius 2 is 2.24 bits per heavy atom. The first-order valence-corrected chi connectivity index (χ1v) is 9.19. The monoisotopic (exact) mass is 449 g/mol. The van der Waals surface area contributed by atoms with E-state index in [1.54, 1.807) is 18.2 Å². The van der Waals surface area contributed by atoms with E-state index in [0.717, 1.165) is 4.90 Å². The predicted octanol–water partition coefficient (Wildman–Crippen LogP) is 1.76. The van der Waals surface area contributed by atoms with Gasteiger partial charge in [0.2, 0.25) is 17.7 Å². The van der Waals surface area contributed by atoms with Gasteiger partial charge in [0.05, 0.1) is 11.5 Å². The summed E-state index contributed by atoms with van der Waals surface area (Å²) in [7, 11) is 0. The average molecular weight is 450 g/mol. The molecule has 0 radical (unpaired) electrons. The van der Waals surface area contributed by atoms with Crippen LogP contribution >= 0.6 is 24.0 Å². The summed E-state index contributed by atoms with van der Waals surface area (Å²) < 4.78 is 36.7. The normalized spacial score (nSPS) is 26.1. The fraction of sp³-hybridized carbons (Fsp3) is 0.526. The number of carbonyl (C=O) groups excluding carboxylic acids is 3. The fourth-order valence-electron chi connectivity index (χ4n) is 4.02. The molecule has 2 aliphatic heterocycles. The number of amides is 3. The average Bonchev–Trinajstić information content (AvgIpc) is 3.12. The summed E-state index contributed by atoms with van der Waals surface area (Å²) in [6, 6.07) is 2.19. The van der Waals surface area contributed by atoms with Gasteiger partial charge in [-0.1, -0.05) is 11.6 Å². The number of hydrogen-bond donors (Lipinski definition) is 3. The number of likely N-dealkylation sites (N-methyl/N-ethyl adjacent to an activating group) is 1. The number of halogens is 3. The summed E-state index contributed by atoms with van der Waals surface area (Å²) in [6.07, 6.45) is -0.541. The van der Waals surface area contributed by atoms with Crippen LogP contribution in [0.25, 0.3) is 0 Å². The molecule has 0 aliphatic carbocycles. The first-order valence-electron chi connectivity index (χ1n) is 10.3. The third-order valence-corrected chi connectivity index (χ3v) is 5.55. The second kappa shape index (κ2) is 8.08. The molecule has 2 aliphatic rings. The van der Waals surface area contributed by atoms with Crippen molar-refractivity contribution in [2.75, 3.05) is 18.8 Å². The maximum atomic E-state index is 14.4. The molecule has 1 aromatic carbocycles. The highest BCUT2D eigenvalue weighted by molar-refractivity contribution is 6.31. The number of primary amides is 1. The molecule has 3 rings (SSSR count). The molecule has 1 aromatic rings. The lowest BCUT2D eigenvalue weighted by Gasteiger charge is -2.29. The first kappa shape index (κ1) is 19.1. The van der Waals surface area contributed by atoms with Crippen LogP contribution in [0.15, 0.2) is 18.2 Å². The number of fused-ring (bicyclic) bond motifs is 2. The van der Waals surface area contributed by atoms with Crippen molar-refractivity contribution < 1.29 is 22.9 Å². The minimum atomic E-state index is -2.73. The molecule has 0 unspecified atom stereocenters. The van der Waals surface area contributed by atoms with Crippen LogP contribution in [0, 0.1) is 0 Å². The highest BCUT2D eigenvalue weighted by Crippen LogP contribution is 2.47. The summed E-state index contributed by atoms with van der Waals surface area (Å²) >= 11 is 6.10. The van der Waals surface area contributed by atoms with Crippen LogP contribution in [0.2, 0.25) is 5.02 Å². The van der Waals surface area contributed by atoms with Crippen LogP contribution < -0.4 is 16.4 Å². The number of anilines is 1. The second-order valence-electron chi connectivity index (χ2n) is 7.93. The van der Waals surface area contributed by atoms with Gasteiger partial charge < -0.3 is 21.3 Å². The van der Waals surface area contributed by atoms with E-state index in [-0.39, 0.29) is 25.4 Å². The van der Waals surface area contributed by atoms with Gasteiger partial charge in [0.15, 0.2) is 0 Å². The van der Waals surface area contributed by atoms with E-state index in [9.17, 15) is 18.8 Å². The molecule has 0 bridgehead atoms. The lowest BCUT2D eigenvalue weighted by molar-refractivity contribution is -0.139. The summed E-state index contributed by atoms with van der Waals surface area (Å²) in [4.78, 5) is 39.5. The van der Waals surface area contributed by atoms with E-state index >= 15 is 0 Å². The number of benzene rings is 1. The Hall–Kier alpha value is -1.90. The van der Waals surface area contributed by atoms with Crippen molar-refractivity contribution >= 4 is 47.4 Å². The highest BCUT2D eigenvalue weighted by atomic mass is 35.5. The van der Waals surface area contributed by atoms with Crippen molar-refractivity contribution in [1.29, 1.82) is 0 Å². The van der Waals surface area contributed by atoms with Gasteiger partial charge >= 0.3 is 0 Å². The number of nitrogens with two attached hydrogens (primary N) is 1. The molecule has 1 saturated heterocycles. The number of nitrogens with zero attached hydrogens (tertiary/aromatic N) is 1. The Morgan fingerprint density at radius 3 is 2.83 bits per heavy atom. The van der Waals surface area contributed by atoms with Gasteiger partial charge in [-0.25, -0.2) is 4.39 Å². The smallest absolute Gasteiger partial charge is 0.240 e. The minimum Gasteiger partial charge on any atom is -0.368 e. The van der Waals surface area contributed by atoms with E-state index in [0.29, 0.717) is 16.3 Å². The Kier molecular flexibility index (Phi) is 5.32. The third kappa shape index (κ3) is 4.20. The van der Waals surface area contributed by atoms with Crippen molar-refractivity contribution in [3.05, 3.63) is 28.8 Å². The molecule has 7 nitrogen and oxygen atoms in total. The van der Waals surface area contributed by atoms with Crippen LogP contribution in [0.5, 0.6) is 0 Å². The fourth-order valence-corrected chi connectivity index (χ4v) is 4.19. The topological polar surface area (TPSA) is 105 Å². The zero-order valence-corrected chi connectivity index (χ0v) is 17.5. The van der Waals surface area contributed by atoms with Gasteiger partial charge in [-0.05, 0) is 51.0 Å². The molecule has 1 fully saturated rings. The van der Waals surface area contributed by atoms with Crippen LogP contribution in [-0.2, 0) is 19.8 Å². The number of nitrogens with one attached hydrogen (secondary N) is 2. The Balaban J connectivity index is 0.00000363. The maximum absolute atomic E-state index is 14.4. The van der Waals surface area contributed by atoms with E-state index in [1.807, 2.05) is 0 Å². The quantitative estimate of drug-likeness (QED) is 0.636. The Morgan fingerprint density at radius 1 is 1.55 bits per heavy atom.